The largest absolute Gasteiger partial charge is 0.360 e. The second-order valence-electron chi connectivity index (χ2n) is 7.36. The number of piperazine rings is 1. The van der Waals surface area contributed by atoms with Gasteiger partial charge in [-0.05, 0) is 55.8 Å². The lowest BCUT2D eigenvalue weighted by atomic mass is 10.1. The zero-order chi connectivity index (χ0) is 20.1. The van der Waals surface area contributed by atoms with Crippen LogP contribution in [0.4, 0.5) is 5.69 Å². The summed E-state index contributed by atoms with van der Waals surface area (Å²) in [6, 6.07) is 15.3. The van der Waals surface area contributed by atoms with Gasteiger partial charge >= 0.3 is 0 Å². The van der Waals surface area contributed by atoms with E-state index in [0.29, 0.717) is 11.6 Å². The van der Waals surface area contributed by atoms with Gasteiger partial charge in [0, 0.05) is 16.3 Å². The van der Waals surface area contributed by atoms with Crippen molar-refractivity contribution in [1.29, 1.82) is 0 Å². The van der Waals surface area contributed by atoms with Crippen LogP contribution >= 0.6 is 11.6 Å². The van der Waals surface area contributed by atoms with E-state index in [1.54, 1.807) is 6.92 Å². The fraction of sp³-hybridized carbons (Fsp3) is 0.364. The number of hydrogen-bond donors (Lipinski definition) is 2. The van der Waals surface area contributed by atoms with Crippen LogP contribution in [0.1, 0.15) is 35.8 Å². The molecule has 1 aliphatic rings. The minimum absolute atomic E-state index is 0.0368. The van der Waals surface area contributed by atoms with Gasteiger partial charge in [0.2, 0.25) is 0 Å². The number of nitrogens with one attached hydrogen (secondary N) is 2. The molecule has 6 heteroatoms. The van der Waals surface area contributed by atoms with Gasteiger partial charge < -0.3 is 15.1 Å². The Morgan fingerprint density at radius 2 is 1.68 bits per heavy atom. The maximum atomic E-state index is 12.4. The molecule has 1 heterocycles. The molecule has 0 spiro atoms. The quantitative estimate of drug-likeness (QED) is 0.730. The Bertz CT molecular complexity index is 813. The molecule has 1 aliphatic heterocycles. The molecule has 148 valence electrons. The minimum atomic E-state index is -0.0368. The number of amides is 1. The molecular formula is C22H27ClN3O2+. The molecule has 1 amide bonds. The molecule has 1 saturated heterocycles. The first kappa shape index (κ1) is 20.4. The molecule has 0 aromatic heterocycles. The van der Waals surface area contributed by atoms with Crippen molar-refractivity contribution in [1.82, 2.24) is 5.32 Å². The lowest BCUT2D eigenvalue weighted by Crippen LogP contribution is -3.15. The van der Waals surface area contributed by atoms with Crippen molar-refractivity contribution in [3.63, 3.8) is 0 Å². The van der Waals surface area contributed by atoms with E-state index in [1.807, 2.05) is 55.5 Å². The number of anilines is 1. The van der Waals surface area contributed by atoms with Gasteiger partial charge in [0.05, 0.1) is 32.2 Å². The van der Waals surface area contributed by atoms with E-state index in [9.17, 15) is 9.59 Å². The highest BCUT2D eigenvalue weighted by Gasteiger charge is 2.23. The van der Waals surface area contributed by atoms with Gasteiger partial charge in [-0.15, -0.1) is 0 Å². The normalized spacial score (nSPS) is 15.9. The number of Topliss-reactive ketones (excluding diaryl/α,β-unsaturated/α-hetero) is 1. The molecule has 3 rings (SSSR count). The molecule has 0 unspecified atom stereocenters. The average Bonchev–Trinajstić information content (AvgIpc) is 2.69. The maximum absolute atomic E-state index is 12.4. The van der Waals surface area contributed by atoms with Gasteiger partial charge in [-0.2, -0.15) is 0 Å². The number of benzene rings is 2. The summed E-state index contributed by atoms with van der Waals surface area (Å²) < 4.78 is 0. The predicted octanol–water partition coefficient (Wildman–Crippen LogP) is 2.12. The van der Waals surface area contributed by atoms with E-state index in [2.05, 4.69) is 10.2 Å². The van der Waals surface area contributed by atoms with Crippen molar-refractivity contribution in [2.75, 3.05) is 37.6 Å². The summed E-state index contributed by atoms with van der Waals surface area (Å²) in [5, 5.41) is 3.77. The Balaban J connectivity index is 1.46. The van der Waals surface area contributed by atoms with Crippen LogP contribution in [0.2, 0.25) is 5.02 Å². The van der Waals surface area contributed by atoms with Gasteiger partial charge in [-0.25, -0.2) is 0 Å². The number of rotatable bonds is 6. The molecule has 1 fully saturated rings. The predicted molar refractivity (Wildman–Crippen MR) is 112 cm³/mol. The molecule has 2 aromatic rings. The number of carbonyl (C=O) groups excluding carboxylic acids is 2. The lowest BCUT2D eigenvalue weighted by Gasteiger charge is -2.33. The summed E-state index contributed by atoms with van der Waals surface area (Å²) >= 11 is 5.92. The Morgan fingerprint density at radius 3 is 2.25 bits per heavy atom. The van der Waals surface area contributed by atoms with Crippen molar-refractivity contribution in [3.8, 4) is 0 Å². The Kier molecular flexibility index (Phi) is 6.70. The lowest BCUT2D eigenvalue weighted by molar-refractivity contribution is -0.892. The van der Waals surface area contributed by atoms with Crippen LogP contribution in [0.25, 0.3) is 0 Å². The number of ketones is 1. The molecule has 2 aromatic carbocycles. The molecule has 5 nitrogen and oxygen atoms in total. The van der Waals surface area contributed by atoms with Gasteiger partial charge in [-0.3, -0.25) is 9.59 Å². The smallest absolute Gasteiger partial charge is 0.275 e. The van der Waals surface area contributed by atoms with Crippen LogP contribution < -0.4 is 15.1 Å². The van der Waals surface area contributed by atoms with Gasteiger partial charge in [0.1, 0.15) is 0 Å². The molecule has 1 atom stereocenters. The molecule has 0 aliphatic carbocycles. The third-order valence-electron chi connectivity index (χ3n) is 5.27. The standard InChI is InChI=1S/C22H26ClN3O2/c1-16(18-3-7-20(23)8-4-18)24-22(28)15-25-11-13-26(14-12-25)21-9-5-19(6-10-21)17(2)27/h3-10,16H,11-15H2,1-2H3,(H,24,28)/p+1/t16-/m0/s1. The number of nitrogens with zero attached hydrogens (tertiary/aromatic N) is 1. The van der Waals surface area contributed by atoms with Crippen LogP contribution in [0.5, 0.6) is 0 Å². The molecule has 0 bridgehead atoms. The molecule has 2 N–H and O–H groups in total. The highest BCUT2D eigenvalue weighted by atomic mass is 35.5. The molecule has 28 heavy (non-hydrogen) atoms. The SMILES string of the molecule is CC(=O)c1ccc(N2CC[NH+](CC(=O)N[C@@H](C)c3ccc(Cl)cc3)CC2)cc1. The summed E-state index contributed by atoms with van der Waals surface area (Å²) in [6.45, 7) is 7.67. The third kappa shape index (κ3) is 5.33. The maximum Gasteiger partial charge on any atom is 0.275 e. The number of carbonyl (C=O) groups is 2. The van der Waals surface area contributed by atoms with Crippen LogP contribution in [0.15, 0.2) is 48.5 Å². The number of hydrogen-bond acceptors (Lipinski definition) is 3. The summed E-state index contributed by atoms with van der Waals surface area (Å²) in [5.74, 6) is 0.149. The van der Waals surface area contributed by atoms with E-state index in [0.717, 1.165) is 43.0 Å². The average molecular weight is 401 g/mol. The van der Waals surface area contributed by atoms with Crippen molar-refractivity contribution in [2.45, 2.75) is 19.9 Å². The summed E-state index contributed by atoms with van der Waals surface area (Å²) in [4.78, 5) is 27.4. The Hall–Kier alpha value is -2.37. The van der Waals surface area contributed by atoms with Gasteiger partial charge in [0.25, 0.3) is 5.91 Å². The topological polar surface area (TPSA) is 53.9 Å². The Morgan fingerprint density at radius 1 is 1.07 bits per heavy atom. The minimum Gasteiger partial charge on any atom is -0.360 e. The molecule has 0 radical (unpaired) electrons. The van der Waals surface area contributed by atoms with E-state index in [4.69, 9.17) is 11.6 Å². The van der Waals surface area contributed by atoms with E-state index < -0.39 is 0 Å². The van der Waals surface area contributed by atoms with Crippen molar-refractivity contribution in [2.24, 2.45) is 0 Å². The monoisotopic (exact) mass is 400 g/mol. The van der Waals surface area contributed by atoms with E-state index >= 15 is 0 Å². The van der Waals surface area contributed by atoms with Gasteiger partial charge in [-0.1, -0.05) is 23.7 Å². The van der Waals surface area contributed by atoms with Gasteiger partial charge in [0.15, 0.2) is 12.3 Å². The van der Waals surface area contributed by atoms with Crippen molar-refractivity contribution >= 4 is 29.0 Å². The summed E-state index contributed by atoms with van der Waals surface area (Å²) in [6.07, 6.45) is 0. The summed E-state index contributed by atoms with van der Waals surface area (Å²) in [7, 11) is 0. The first-order valence-corrected chi connectivity index (χ1v) is 10.0. The van der Waals surface area contributed by atoms with Crippen LogP contribution in [-0.2, 0) is 4.79 Å². The zero-order valence-electron chi connectivity index (χ0n) is 16.4. The fourth-order valence-corrected chi connectivity index (χ4v) is 3.65. The number of halogens is 1. The highest BCUT2D eigenvalue weighted by Crippen LogP contribution is 2.16. The first-order valence-electron chi connectivity index (χ1n) is 9.66. The second kappa shape index (κ2) is 9.22. The second-order valence-corrected chi connectivity index (χ2v) is 7.79. The fourth-order valence-electron chi connectivity index (χ4n) is 3.52. The zero-order valence-corrected chi connectivity index (χ0v) is 17.1. The van der Waals surface area contributed by atoms with Crippen molar-refractivity contribution in [3.05, 3.63) is 64.7 Å². The van der Waals surface area contributed by atoms with Crippen molar-refractivity contribution < 1.29 is 14.5 Å². The van der Waals surface area contributed by atoms with Crippen LogP contribution in [0, 0.1) is 0 Å². The summed E-state index contributed by atoms with van der Waals surface area (Å²) in [5.41, 5.74) is 2.91. The number of quaternary nitrogens is 1. The highest BCUT2D eigenvalue weighted by molar-refractivity contribution is 6.30. The van der Waals surface area contributed by atoms with Crippen LogP contribution in [-0.4, -0.2) is 44.4 Å². The first-order chi connectivity index (χ1) is 13.4. The van der Waals surface area contributed by atoms with E-state index in [1.165, 1.54) is 4.90 Å². The molecule has 0 saturated carbocycles. The third-order valence-corrected chi connectivity index (χ3v) is 5.52. The van der Waals surface area contributed by atoms with E-state index in [-0.39, 0.29) is 17.7 Å². The molecular weight excluding hydrogens is 374 g/mol. The van der Waals surface area contributed by atoms with Crippen LogP contribution in [0.3, 0.4) is 0 Å². The Labute approximate surface area is 171 Å².